The topological polar surface area (TPSA) is 76.6 Å². The van der Waals surface area contributed by atoms with Gasteiger partial charge < -0.3 is 4.84 Å². The normalized spacial score (nSPS) is 13.2. The van der Waals surface area contributed by atoms with E-state index in [-0.39, 0.29) is 16.7 Å². The van der Waals surface area contributed by atoms with Gasteiger partial charge >= 0.3 is 5.97 Å². The van der Waals surface area contributed by atoms with E-state index in [1.807, 2.05) is 6.92 Å². The van der Waals surface area contributed by atoms with Crippen LogP contribution in [0.4, 0.5) is 0 Å². The van der Waals surface area contributed by atoms with E-state index in [0.29, 0.717) is 9.96 Å². The predicted octanol–water partition coefficient (Wildman–Crippen LogP) is 2.56. The molecule has 0 unspecified atom stereocenters. The van der Waals surface area contributed by atoms with E-state index < -0.39 is 17.8 Å². The average Bonchev–Trinajstić information content (AvgIpc) is 2.81. The Hall–Kier alpha value is -2.67. The zero-order valence-corrected chi connectivity index (χ0v) is 13.0. The molecular formula is C16H12N2O4S. The summed E-state index contributed by atoms with van der Waals surface area (Å²) in [6.07, 6.45) is 3.01. The number of hydrogen-bond donors (Lipinski definition) is 0. The van der Waals surface area contributed by atoms with Crippen molar-refractivity contribution in [2.45, 2.75) is 11.8 Å². The molecule has 6 nitrogen and oxygen atoms in total. The summed E-state index contributed by atoms with van der Waals surface area (Å²) in [5.74, 6) is -1.30. The zero-order chi connectivity index (χ0) is 16.4. The molecule has 1 aromatic heterocycles. The van der Waals surface area contributed by atoms with Crippen LogP contribution < -0.4 is 0 Å². The molecule has 1 aliphatic rings. The summed E-state index contributed by atoms with van der Waals surface area (Å²) in [5.41, 5.74) is 0.717. The summed E-state index contributed by atoms with van der Waals surface area (Å²) in [4.78, 5) is 46.4. The second kappa shape index (κ2) is 6.21. The summed E-state index contributed by atoms with van der Waals surface area (Å²) < 4.78 is 0. The summed E-state index contributed by atoms with van der Waals surface area (Å²) in [5, 5.41) is 0.508. The van der Waals surface area contributed by atoms with E-state index in [4.69, 9.17) is 4.84 Å². The van der Waals surface area contributed by atoms with Crippen LogP contribution in [-0.4, -0.2) is 33.6 Å². The number of aromatic nitrogens is 1. The molecule has 23 heavy (non-hydrogen) atoms. The lowest BCUT2D eigenvalue weighted by molar-refractivity contribution is -0.0587. The van der Waals surface area contributed by atoms with Crippen molar-refractivity contribution in [2.75, 3.05) is 5.75 Å². The van der Waals surface area contributed by atoms with Gasteiger partial charge in [0.05, 0.1) is 16.7 Å². The first-order chi connectivity index (χ1) is 11.1. The minimum Gasteiger partial charge on any atom is -0.324 e. The number of amides is 2. The highest BCUT2D eigenvalue weighted by molar-refractivity contribution is 7.99. The van der Waals surface area contributed by atoms with E-state index in [9.17, 15) is 14.4 Å². The predicted molar refractivity (Wildman–Crippen MR) is 83.0 cm³/mol. The van der Waals surface area contributed by atoms with E-state index in [1.165, 1.54) is 36.2 Å². The first-order valence-corrected chi connectivity index (χ1v) is 7.89. The summed E-state index contributed by atoms with van der Waals surface area (Å²) in [6.45, 7) is 1.94. The van der Waals surface area contributed by atoms with Crippen molar-refractivity contribution in [3.8, 4) is 0 Å². The second-order valence-electron chi connectivity index (χ2n) is 4.63. The van der Waals surface area contributed by atoms with Crippen LogP contribution in [0.2, 0.25) is 0 Å². The number of benzene rings is 1. The van der Waals surface area contributed by atoms with Gasteiger partial charge in [0.25, 0.3) is 11.8 Å². The third-order valence-electron chi connectivity index (χ3n) is 3.24. The number of nitrogens with zero attached hydrogens (tertiary/aromatic N) is 2. The zero-order valence-electron chi connectivity index (χ0n) is 12.2. The molecule has 1 aliphatic heterocycles. The molecule has 0 fully saturated rings. The Bertz CT molecular complexity index is 771. The molecule has 116 valence electrons. The fourth-order valence-corrected chi connectivity index (χ4v) is 2.95. The van der Waals surface area contributed by atoms with Crippen LogP contribution in [0.15, 0.2) is 47.6 Å². The highest BCUT2D eigenvalue weighted by Crippen LogP contribution is 2.26. The molecule has 2 aromatic rings. The summed E-state index contributed by atoms with van der Waals surface area (Å²) >= 11 is 1.43. The van der Waals surface area contributed by atoms with Crippen LogP contribution in [0, 0.1) is 0 Å². The molecule has 2 amide bonds. The number of hydroxylamine groups is 2. The van der Waals surface area contributed by atoms with Crippen molar-refractivity contribution < 1.29 is 19.2 Å². The van der Waals surface area contributed by atoms with Crippen LogP contribution in [0.5, 0.6) is 0 Å². The number of hydrogen-bond acceptors (Lipinski definition) is 6. The van der Waals surface area contributed by atoms with Gasteiger partial charge in [-0.2, -0.15) is 0 Å². The third-order valence-corrected chi connectivity index (χ3v) is 4.16. The van der Waals surface area contributed by atoms with Gasteiger partial charge in [-0.25, -0.2) is 4.79 Å². The standard InChI is InChI=1S/C16H12N2O4S/c1-2-23-13-9-17-8-7-12(13)16(21)22-18-14(19)10-5-3-4-6-11(10)15(18)20/h3-9H,2H2,1H3. The first-order valence-electron chi connectivity index (χ1n) is 6.90. The molecular weight excluding hydrogens is 316 g/mol. The minimum atomic E-state index is -0.766. The van der Waals surface area contributed by atoms with E-state index >= 15 is 0 Å². The number of thioether (sulfide) groups is 1. The second-order valence-corrected chi connectivity index (χ2v) is 5.94. The molecule has 0 spiro atoms. The fraction of sp³-hybridized carbons (Fsp3) is 0.125. The van der Waals surface area contributed by atoms with Crippen LogP contribution >= 0.6 is 11.8 Å². The van der Waals surface area contributed by atoms with Crippen molar-refractivity contribution in [3.63, 3.8) is 0 Å². The van der Waals surface area contributed by atoms with E-state index in [2.05, 4.69) is 4.98 Å². The van der Waals surface area contributed by atoms with Gasteiger partial charge in [-0.15, -0.1) is 11.8 Å². The number of carbonyl (C=O) groups excluding carboxylic acids is 3. The van der Waals surface area contributed by atoms with Gasteiger partial charge in [-0.1, -0.05) is 24.1 Å². The Balaban J connectivity index is 1.85. The monoisotopic (exact) mass is 328 g/mol. The molecule has 1 aromatic carbocycles. The number of imide groups is 1. The number of pyridine rings is 1. The molecule has 3 rings (SSSR count). The van der Waals surface area contributed by atoms with Gasteiger partial charge in [-0.05, 0) is 24.0 Å². The lowest BCUT2D eigenvalue weighted by atomic mass is 10.1. The van der Waals surface area contributed by atoms with Gasteiger partial charge in [0.1, 0.15) is 0 Å². The molecule has 0 atom stereocenters. The smallest absolute Gasteiger partial charge is 0.324 e. The van der Waals surface area contributed by atoms with Crippen molar-refractivity contribution in [1.29, 1.82) is 0 Å². The largest absolute Gasteiger partial charge is 0.365 e. The Labute approximate surface area is 136 Å². The Morgan fingerprint density at radius 3 is 2.43 bits per heavy atom. The molecule has 0 aliphatic carbocycles. The first kappa shape index (κ1) is 15.2. The molecule has 0 N–H and O–H groups in total. The lowest BCUT2D eigenvalue weighted by Crippen LogP contribution is -2.32. The van der Waals surface area contributed by atoms with Gasteiger partial charge in [0, 0.05) is 17.3 Å². The minimum absolute atomic E-state index is 0.225. The van der Waals surface area contributed by atoms with Crippen molar-refractivity contribution in [1.82, 2.24) is 10.0 Å². The van der Waals surface area contributed by atoms with E-state index in [0.717, 1.165) is 5.75 Å². The third kappa shape index (κ3) is 2.70. The Kier molecular flexibility index (Phi) is 4.12. The van der Waals surface area contributed by atoms with Crippen LogP contribution in [0.3, 0.4) is 0 Å². The Morgan fingerprint density at radius 1 is 1.17 bits per heavy atom. The van der Waals surface area contributed by atoms with Gasteiger partial charge in [0.15, 0.2) is 0 Å². The molecule has 0 bridgehead atoms. The quantitative estimate of drug-likeness (QED) is 0.634. The maximum Gasteiger partial charge on any atom is 0.365 e. The van der Waals surface area contributed by atoms with Gasteiger partial charge in [-0.3, -0.25) is 14.6 Å². The number of fused-ring (bicyclic) bond motifs is 1. The molecule has 0 saturated heterocycles. The van der Waals surface area contributed by atoms with Crippen molar-refractivity contribution >= 4 is 29.5 Å². The maximum atomic E-state index is 12.3. The number of rotatable bonds is 4. The van der Waals surface area contributed by atoms with E-state index in [1.54, 1.807) is 18.3 Å². The number of carbonyl (C=O) groups is 3. The molecule has 0 radical (unpaired) electrons. The molecule has 2 heterocycles. The Morgan fingerprint density at radius 2 is 1.83 bits per heavy atom. The lowest BCUT2D eigenvalue weighted by Gasteiger charge is -2.13. The average molecular weight is 328 g/mol. The fourth-order valence-electron chi connectivity index (χ4n) is 2.20. The maximum absolute atomic E-state index is 12.3. The van der Waals surface area contributed by atoms with Gasteiger partial charge in [0.2, 0.25) is 0 Å². The van der Waals surface area contributed by atoms with Crippen LogP contribution in [0.1, 0.15) is 38.0 Å². The molecule has 0 saturated carbocycles. The highest BCUT2D eigenvalue weighted by Gasteiger charge is 2.39. The molecule has 7 heteroatoms. The van der Waals surface area contributed by atoms with Crippen molar-refractivity contribution in [3.05, 3.63) is 59.4 Å². The van der Waals surface area contributed by atoms with Crippen LogP contribution in [-0.2, 0) is 4.84 Å². The van der Waals surface area contributed by atoms with Crippen molar-refractivity contribution in [2.24, 2.45) is 0 Å². The summed E-state index contributed by atoms with van der Waals surface area (Å²) in [6, 6.07) is 7.84. The van der Waals surface area contributed by atoms with Crippen LogP contribution in [0.25, 0.3) is 0 Å². The SMILES string of the molecule is CCSc1cnccc1C(=O)ON1C(=O)c2ccccc2C1=O. The summed E-state index contributed by atoms with van der Waals surface area (Å²) in [7, 11) is 0. The highest BCUT2D eigenvalue weighted by atomic mass is 32.2.